The summed E-state index contributed by atoms with van der Waals surface area (Å²) < 4.78 is 29.5. The number of hydrogen-bond donors (Lipinski definition) is 2. The van der Waals surface area contributed by atoms with Crippen LogP contribution in [0.1, 0.15) is 0 Å². The number of amides is 1. The Balaban J connectivity index is 1.53. The second-order valence-electron chi connectivity index (χ2n) is 6.47. The number of thioether (sulfide) groups is 1. The summed E-state index contributed by atoms with van der Waals surface area (Å²) in [6.07, 6.45) is 1.40. The molecule has 0 radical (unpaired) electrons. The van der Waals surface area contributed by atoms with Crippen molar-refractivity contribution in [1.29, 1.82) is 0 Å². The maximum absolute atomic E-state index is 13.6. The van der Waals surface area contributed by atoms with Crippen molar-refractivity contribution in [2.45, 2.75) is 5.03 Å². The van der Waals surface area contributed by atoms with Crippen LogP contribution in [0.2, 0.25) is 0 Å². The topological polar surface area (TPSA) is 98.4 Å². The fourth-order valence-corrected chi connectivity index (χ4v) is 3.99. The van der Waals surface area contributed by atoms with E-state index < -0.39 is 0 Å². The largest absolute Gasteiger partial charge is 0.493 e. The lowest BCUT2D eigenvalue weighted by Gasteiger charge is -2.14. The summed E-state index contributed by atoms with van der Waals surface area (Å²) in [5, 5.41) is 4.08. The molecule has 0 unspecified atom stereocenters. The van der Waals surface area contributed by atoms with Crippen molar-refractivity contribution in [3.05, 3.63) is 42.5 Å². The van der Waals surface area contributed by atoms with E-state index in [-0.39, 0.29) is 17.5 Å². The van der Waals surface area contributed by atoms with Gasteiger partial charge in [-0.1, -0.05) is 11.8 Å². The van der Waals surface area contributed by atoms with Crippen LogP contribution in [-0.4, -0.2) is 47.9 Å². The molecule has 2 N–H and O–H groups in total. The Labute approximate surface area is 181 Å². The van der Waals surface area contributed by atoms with Gasteiger partial charge in [0.05, 0.1) is 32.6 Å². The number of nitrogens with one attached hydrogen (secondary N) is 2. The number of aromatic amines is 1. The van der Waals surface area contributed by atoms with Crippen molar-refractivity contribution in [1.82, 2.24) is 15.0 Å². The minimum atomic E-state index is -0.342. The van der Waals surface area contributed by atoms with Crippen molar-refractivity contribution in [2.24, 2.45) is 0 Å². The monoisotopic (exact) mass is 442 g/mol. The molecule has 1 amide bonds. The summed E-state index contributed by atoms with van der Waals surface area (Å²) in [6.45, 7) is 0. The minimum absolute atomic E-state index is 0.104. The number of H-pyrrole nitrogens is 1. The Morgan fingerprint density at radius 2 is 1.84 bits per heavy atom. The molecule has 4 aromatic rings. The van der Waals surface area contributed by atoms with Gasteiger partial charge in [0, 0.05) is 28.7 Å². The number of nitrogens with zero attached hydrogens (tertiary/aromatic N) is 2. The molecular weight excluding hydrogens is 423 g/mol. The number of carbonyl (C=O) groups is 1. The highest BCUT2D eigenvalue weighted by molar-refractivity contribution is 8.00. The zero-order valence-electron chi connectivity index (χ0n) is 17.0. The van der Waals surface area contributed by atoms with Gasteiger partial charge < -0.3 is 24.5 Å². The number of rotatable bonds is 7. The second-order valence-corrected chi connectivity index (χ2v) is 7.43. The number of benzene rings is 2. The average molecular weight is 442 g/mol. The van der Waals surface area contributed by atoms with Gasteiger partial charge in [0.25, 0.3) is 0 Å². The molecule has 2 heterocycles. The lowest BCUT2D eigenvalue weighted by atomic mass is 10.2. The number of halogens is 1. The molecular formula is C21H19FN4O4S. The van der Waals surface area contributed by atoms with Gasteiger partial charge in [-0.25, -0.2) is 14.4 Å². The highest BCUT2D eigenvalue weighted by Crippen LogP contribution is 2.40. The number of carbonyl (C=O) groups excluding carboxylic acids is 1. The van der Waals surface area contributed by atoms with Crippen LogP contribution in [0.3, 0.4) is 0 Å². The summed E-state index contributed by atoms with van der Waals surface area (Å²) in [7, 11) is 4.52. The molecule has 10 heteroatoms. The molecule has 0 bridgehead atoms. The van der Waals surface area contributed by atoms with E-state index in [1.54, 1.807) is 18.2 Å². The minimum Gasteiger partial charge on any atom is -0.493 e. The molecule has 0 atom stereocenters. The van der Waals surface area contributed by atoms with E-state index in [4.69, 9.17) is 14.2 Å². The smallest absolute Gasteiger partial charge is 0.234 e. The molecule has 0 aliphatic heterocycles. The Morgan fingerprint density at radius 1 is 1.10 bits per heavy atom. The maximum Gasteiger partial charge on any atom is 0.234 e. The van der Waals surface area contributed by atoms with E-state index in [0.717, 1.165) is 5.52 Å². The van der Waals surface area contributed by atoms with E-state index in [1.165, 1.54) is 51.6 Å². The first kappa shape index (κ1) is 20.7. The summed E-state index contributed by atoms with van der Waals surface area (Å²) in [5.74, 6) is 0.835. The van der Waals surface area contributed by atoms with Crippen molar-refractivity contribution in [2.75, 3.05) is 32.4 Å². The van der Waals surface area contributed by atoms with Crippen LogP contribution in [-0.2, 0) is 4.79 Å². The van der Waals surface area contributed by atoms with Gasteiger partial charge in [0.1, 0.15) is 22.7 Å². The molecule has 0 saturated heterocycles. The van der Waals surface area contributed by atoms with E-state index in [2.05, 4.69) is 20.3 Å². The molecule has 31 heavy (non-hydrogen) atoms. The SMILES string of the molecule is COc1cc(NC(=O)CSc2ncnc3c2[nH]c2ccc(F)cc23)cc(OC)c1OC. The van der Waals surface area contributed by atoms with Crippen molar-refractivity contribution >= 4 is 45.3 Å². The predicted octanol–water partition coefficient (Wildman–Crippen LogP) is 4.01. The first-order valence-corrected chi connectivity index (χ1v) is 10.2. The first-order chi connectivity index (χ1) is 15.0. The molecule has 0 spiro atoms. The summed E-state index contributed by atoms with van der Waals surface area (Å²) >= 11 is 1.25. The molecule has 0 saturated carbocycles. The number of anilines is 1. The predicted molar refractivity (Wildman–Crippen MR) is 117 cm³/mol. The fraction of sp³-hybridized carbons (Fsp3) is 0.190. The summed E-state index contributed by atoms with van der Waals surface area (Å²) in [4.78, 5) is 24.3. The van der Waals surface area contributed by atoms with E-state index in [9.17, 15) is 9.18 Å². The quantitative estimate of drug-likeness (QED) is 0.330. The third-order valence-corrected chi connectivity index (χ3v) is 5.59. The van der Waals surface area contributed by atoms with Gasteiger partial charge in [0.15, 0.2) is 11.5 Å². The second kappa shape index (κ2) is 8.68. The van der Waals surface area contributed by atoms with Gasteiger partial charge in [-0.2, -0.15) is 0 Å². The van der Waals surface area contributed by atoms with Crippen molar-refractivity contribution in [3.63, 3.8) is 0 Å². The van der Waals surface area contributed by atoms with Crippen LogP contribution in [0.15, 0.2) is 41.7 Å². The van der Waals surface area contributed by atoms with E-state index >= 15 is 0 Å². The first-order valence-electron chi connectivity index (χ1n) is 9.18. The molecule has 0 fully saturated rings. The number of methoxy groups -OCH3 is 3. The van der Waals surface area contributed by atoms with E-state index in [0.29, 0.717) is 44.4 Å². The van der Waals surface area contributed by atoms with Crippen molar-refractivity contribution < 1.29 is 23.4 Å². The third kappa shape index (κ3) is 4.06. The number of fused-ring (bicyclic) bond motifs is 3. The highest BCUT2D eigenvalue weighted by atomic mass is 32.2. The summed E-state index contributed by atoms with van der Waals surface area (Å²) in [6, 6.07) is 7.76. The molecule has 8 nitrogen and oxygen atoms in total. The molecule has 160 valence electrons. The molecule has 0 aliphatic rings. The van der Waals surface area contributed by atoms with Gasteiger partial charge in [-0.15, -0.1) is 0 Å². The van der Waals surface area contributed by atoms with Crippen LogP contribution in [0.25, 0.3) is 21.9 Å². The summed E-state index contributed by atoms with van der Waals surface area (Å²) in [5.41, 5.74) is 2.53. The Kier molecular flexibility index (Phi) is 5.81. The van der Waals surface area contributed by atoms with Crippen LogP contribution in [0, 0.1) is 5.82 Å². The zero-order valence-corrected chi connectivity index (χ0v) is 17.8. The normalized spacial score (nSPS) is 11.0. The number of hydrogen-bond acceptors (Lipinski definition) is 7. The van der Waals surface area contributed by atoms with Crippen LogP contribution in [0.4, 0.5) is 10.1 Å². The van der Waals surface area contributed by atoms with Gasteiger partial charge in [-0.3, -0.25) is 4.79 Å². The van der Waals surface area contributed by atoms with Crippen molar-refractivity contribution in [3.8, 4) is 17.2 Å². The maximum atomic E-state index is 13.6. The highest BCUT2D eigenvalue weighted by Gasteiger charge is 2.16. The molecule has 4 rings (SSSR count). The standard InChI is InChI=1S/C21H19FN4O4S/c1-28-15-7-12(8-16(29-2)20(15)30-3)25-17(27)9-31-21-19-18(23-10-24-21)13-6-11(22)4-5-14(13)26-19/h4-8,10,26H,9H2,1-3H3,(H,25,27). The van der Waals surface area contributed by atoms with E-state index in [1.807, 2.05) is 0 Å². The number of aromatic nitrogens is 3. The lowest BCUT2D eigenvalue weighted by Crippen LogP contribution is -2.14. The third-order valence-electron chi connectivity index (χ3n) is 4.60. The Morgan fingerprint density at radius 3 is 2.52 bits per heavy atom. The lowest BCUT2D eigenvalue weighted by molar-refractivity contribution is -0.113. The Bertz CT molecular complexity index is 1250. The van der Waals surface area contributed by atoms with Gasteiger partial charge in [-0.05, 0) is 18.2 Å². The Hall–Kier alpha value is -3.53. The average Bonchev–Trinajstić information content (AvgIpc) is 3.15. The molecule has 2 aromatic carbocycles. The van der Waals surface area contributed by atoms with Gasteiger partial charge in [0.2, 0.25) is 11.7 Å². The van der Waals surface area contributed by atoms with Crippen LogP contribution < -0.4 is 19.5 Å². The van der Waals surface area contributed by atoms with Gasteiger partial charge >= 0.3 is 0 Å². The van der Waals surface area contributed by atoms with Crippen LogP contribution in [0.5, 0.6) is 17.2 Å². The molecule has 2 aromatic heterocycles. The number of ether oxygens (including phenoxy) is 3. The van der Waals surface area contributed by atoms with Crippen LogP contribution >= 0.6 is 11.8 Å². The molecule has 0 aliphatic carbocycles. The zero-order chi connectivity index (χ0) is 22.0. The fourth-order valence-electron chi connectivity index (χ4n) is 3.24.